The SMILES string of the molecule is CC(=O)N1CCN(c2ccc([N+](=O)[O-])c(N3CCOCC3)c2)CC1. The van der Waals surface area contributed by atoms with Crippen molar-refractivity contribution in [3.63, 3.8) is 0 Å². The van der Waals surface area contributed by atoms with Gasteiger partial charge in [-0.2, -0.15) is 0 Å². The molecule has 2 heterocycles. The standard InChI is InChI=1S/C16H22N4O4/c1-13(21)17-4-6-18(7-5-17)14-2-3-15(20(22)23)16(12-14)19-8-10-24-11-9-19/h2-3,12H,4-11H2,1H3. The number of carbonyl (C=O) groups is 1. The van der Waals surface area contributed by atoms with E-state index >= 15 is 0 Å². The largest absolute Gasteiger partial charge is 0.378 e. The first-order chi connectivity index (χ1) is 11.6. The maximum absolute atomic E-state index is 11.4. The fourth-order valence-corrected chi connectivity index (χ4v) is 3.20. The highest BCUT2D eigenvalue weighted by atomic mass is 16.6. The number of amides is 1. The molecule has 8 heteroatoms. The molecule has 0 atom stereocenters. The van der Waals surface area contributed by atoms with Gasteiger partial charge in [-0.25, -0.2) is 0 Å². The Balaban J connectivity index is 1.82. The Bertz CT molecular complexity index is 623. The highest BCUT2D eigenvalue weighted by molar-refractivity contribution is 5.74. The Hall–Kier alpha value is -2.35. The lowest BCUT2D eigenvalue weighted by Crippen LogP contribution is -2.48. The normalized spacial score (nSPS) is 18.6. The monoisotopic (exact) mass is 334 g/mol. The lowest BCUT2D eigenvalue weighted by molar-refractivity contribution is -0.384. The van der Waals surface area contributed by atoms with Gasteiger partial charge in [0, 0.05) is 57.9 Å². The molecule has 0 spiro atoms. The molecule has 0 bridgehead atoms. The summed E-state index contributed by atoms with van der Waals surface area (Å²) in [6.45, 7) is 6.89. The molecule has 2 fully saturated rings. The predicted molar refractivity (Wildman–Crippen MR) is 90.6 cm³/mol. The first-order valence-electron chi connectivity index (χ1n) is 8.18. The number of carbonyl (C=O) groups excluding carboxylic acids is 1. The summed E-state index contributed by atoms with van der Waals surface area (Å²) < 4.78 is 5.34. The average Bonchev–Trinajstić information content (AvgIpc) is 2.62. The summed E-state index contributed by atoms with van der Waals surface area (Å²) in [5.41, 5.74) is 1.74. The summed E-state index contributed by atoms with van der Waals surface area (Å²) in [7, 11) is 0. The molecule has 0 saturated carbocycles. The third-order valence-corrected chi connectivity index (χ3v) is 4.60. The van der Waals surface area contributed by atoms with E-state index in [1.54, 1.807) is 19.1 Å². The van der Waals surface area contributed by atoms with Crippen LogP contribution in [0.15, 0.2) is 18.2 Å². The maximum Gasteiger partial charge on any atom is 0.292 e. The second kappa shape index (κ2) is 7.04. The third kappa shape index (κ3) is 3.43. The van der Waals surface area contributed by atoms with Crippen molar-refractivity contribution >= 4 is 23.0 Å². The number of piperazine rings is 1. The molecule has 0 radical (unpaired) electrons. The van der Waals surface area contributed by atoms with Gasteiger partial charge in [-0.1, -0.05) is 0 Å². The Kier molecular flexibility index (Phi) is 4.84. The number of benzene rings is 1. The second-order valence-corrected chi connectivity index (χ2v) is 6.02. The molecule has 3 rings (SSSR count). The van der Waals surface area contributed by atoms with E-state index in [9.17, 15) is 14.9 Å². The number of morpholine rings is 1. The fourth-order valence-electron chi connectivity index (χ4n) is 3.20. The smallest absolute Gasteiger partial charge is 0.292 e. The Labute approximate surface area is 140 Å². The average molecular weight is 334 g/mol. The summed E-state index contributed by atoms with van der Waals surface area (Å²) in [6, 6.07) is 5.27. The lowest BCUT2D eigenvalue weighted by Gasteiger charge is -2.36. The van der Waals surface area contributed by atoms with Crippen LogP contribution >= 0.6 is 0 Å². The van der Waals surface area contributed by atoms with Crippen molar-refractivity contribution in [1.82, 2.24) is 4.90 Å². The van der Waals surface area contributed by atoms with Gasteiger partial charge >= 0.3 is 0 Å². The van der Waals surface area contributed by atoms with Crippen LogP contribution in [-0.2, 0) is 9.53 Å². The van der Waals surface area contributed by atoms with E-state index in [2.05, 4.69) is 4.90 Å². The van der Waals surface area contributed by atoms with Crippen molar-refractivity contribution in [2.24, 2.45) is 0 Å². The van der Waals surface area contributed by atoms with Gasteiger partial charge in [-0.05, 0) is 12.1 Å². The van der Waals surface area contributed by atoms with Crippen LogP contribution in [-0.4, -0.2) is 68.2 Å². The zero-order chi connectivity index (χ0) is 17.1. The van der Waals surface area contributed by atoms with Crippen LogP contribution in [0.25, 0.3) is 0 Å². The molecule has 0 aromatic heterocycles. The summed E-state index contributed by atoms with van der Waals surface area (Å²) in [5.74, 6) is 0.0901. The first-order valence-corrected chi connectivity index (χ1v) is 8.18. The quantitative estimate of drug-likeness (QED) is 0.608. The number of hydrogen-bond donors (Lipinski definition) is 0. The van der Waals surface area contributed by atoms with Crippen LogP contribution in [0, 0.1) is 10.1 Å². The Morgan fingerprint density at radius 2 is 1.75 bits per heavy atom. The van der Waals surface area contributed by atoms with Crippen molar-refractivity contribution in [2.45, 2.75) is 6.92 Å². The van der Waals surface area contributed by atoms with E-state index in [1.807, 2.05) is 15.9 Å². The van der Waals surface area contributed by atoms with Gasteiger partial charge in [0.1, 0.15) is 5.69 Å². The molecule has 130 valence electrons. The topological polar surface area (TPSA) is 79.2 Å². The van der Waals surface area contributed by atoms with Gasteiger partial charge < -0.3 is 19.4 Å². The molecule has 0 N–H and O–H groups in total. The van der Waals surface area contributed by atoms with Crippen LogP contribution in [0.5, 0.6) is 0 Å². The van der Waals surface area contributed by atoms with Crippen molar-refractivity contribution in [3.8, 4) is 0 Å². The predicted octanol–water partition coefficient (Wildman–Crippen LogP) is 1.10. The molecular formula is C16H22N4O4. The highest BCUT2D eigenvalue weighted by Crippen LogP contribution is 2.33. The maximum atomic E-state index is 11.4. The van der Waals surface area contributed by atoms with Crippen molar-refractivity contribution < 1.29 is 14.5 Å². The first kappa shape index (κ1) is 16.5. The lowest BCUT2D eigenvalue weighted by atomic mass is 10.1. The molecule has 0 aliphatic carbocycles. The molecule has 1 amide bonds. The summed E-state index contributed by atoms with van der Waals surface area (Å²) in [6.07, 6.45) is 0. The van der Waals surface area contributed by atoms with Crippen molar-refractivity contribution in [3.05, 3.63) is 28.3 Å². The minimum atomic E-state index is -0.331. The van der Waals surface area contributed by atoms with Crippen LogP contribution in [0.4, 0.5) is 17.1 Å². The molecule has 0 unspecified atom stereocenters. The van der Waals surface area contributed by atoms with Gasteiger partial charge in [0.05, 0.1) is 18.1 Å². The van der Waals surface area contributed by atoms with E-state index in [1.165, 1.54) is 0 Å². The van der Waals surface area contributed by atoms with Gasteiger partial charge in [0.15, 0.2) is 0 Å². The number of anilines is 2. The van der Waals surface area contributed by atoms with Gasteiger partial charge in [0.25, 0.3) is 5.69 Å². The van der Waals surface area contributed by atoms with E-state index in [0.29, 0.717) is 45.1 Å². The van der Waals surface area contributed by atoms with Crippen LogP contribution < -0.4 is 9.80 Å². The molecule has 2 aliphatic heterocycles. The molecule has 2 aliphatic rings. The molecule has 8 nitrogen and oxygen atoms in total. The van der Waals surface area contributed by atoms with Gasteiger partial charge in [-0.15, -0.1) is 0 Å². The summed E-state index contributed by atoms with van der Waals surface area (Å²) >= 11 is 0. The van der Waals surface area contributed by atoms with Crippen molar-refractivity contribution in [1.29, 1.82) is 0 Å². The number of nitro benzene ring substituents is 1. The molecule has 1 aromatic carbocycles. The third-order valence-electron chi connectivity index (χ3n) is 4.60. The van der Waals surface area contributed by atoms with E-state index < -0.39 is 0 Å². The van der Waals surface area contributed by atoms with Gasteiger partial charge in [-0.3, -0.25) is 14.9 Å². The van der Waals surface area contributed by atoms with Crippen LogP contribution in [0.3, 0.4) is 0 Å². The van der Waals surface area contributed by atoms with E-state index in [0.717, 1.165) is 18.8 Å². The number of ether oxygens (including phenoxy) is 1. The minimum Gasteiger partial charge on any atom is -0.378 e. The molecule has 2 saturated heterocycles. The molecule has 24 heavy (non-hydrogen) atoms. The number of hydrogen-bond acceptors (Lipinski definition) is 6. The fraction of sp³-hybridized carbons (Fsp3) is 0.562. The Morgan fingerprint density at radius 1 is 1.08 bits per heavy atom. The number of nitro groups is 1. The highest BCUT2D eigenvalue weighted by Gasteiger charge is 2.24. The van der Waals surface area contributed by atoms with Crippen LogP contribution in [0.1, 0.15) is 6.92 Å². The number of nitrogens with zero attached hydrogens (tertiary/aromatic N) is 4. The minimum absolute atomic E-state index is 0.0901. The summed E-state index contributed by atoms with van der Waals surface area (Å²) in [5, 5.41) is 11.4. The van der Waals surface area contributed by atoms with Crippen LogP contribution in [0.2, 0.25) is 0 Å². The zero-order valence-electron chi connectivity index (χ0n) is 13.8. The van der Waals surface area contributed by atoms with Gasteiger partial charge in [0.2, 0.25) is 5.91 Å². The second-order valence-electron chi connectivity index (χ2n) is 6.02. The number of rotatable bonds is 3. The zero-order valence-corrected chi connectivity index (χ0v) is 13.8. The van der Waals surface area contributed by atoms with Crippen molar-refractivity contribution in [2.75, 3.05) is 62.3 Å². The Morgan fingerprint density at radius 3 is 2.33 bits per heavy atom. The summed E-state index contributed by atoms with van der Waals surface area (Å²) in [4.78, 5) is 28.5. The molecular weight excluding hydrogens is 312 g/mol. The van der Waals surface area contributed by atoms with E-state index in [-0.39, 0.29) is 16.5 Å². The molecule has 1 aromatic rings. The van der Waals surface area contributed by atoms with E-state index in [4.69, 9.17) is 4.74 Å².